The first-order chi connectivity index (χ1) is 12.5. The van der Waals surface area contributed by atoms with Crippen LogP contribution in [0.1, 0.15) is 38.4 Å². The van der Waals surface area contributed by atoms with E-state index in [1.54, 1.807) is 0 Å². The van der Waals surface area contributed by atoms with Gasteiger partial charge < -0.3 is 9.84 Å². The molecule has 0 radical (unpaired) electrons. The number of aromatic nitrogens is 2. The van der Waals surface area contributed by atoms with E-state index >= 15 is 0 Å². The van der Waals surface area contributed by atoms with Crippen LogP contribution in [-0.2, 0) is 11.3 Å². The third kappa shape index (κ3) is 4.68. The highest BCUT2D eigenvalue weighted by Gasteiger charge is 2.26. The number of nitrogens with one attached hydrogen (secondary N) is 1. The van der Waals surface area contributed by atoms with Crippen molar-refractivity contribution in [1.29, 1.82) is 0 Å². The van der Waals surface area contributed by atoms with Gasteiger partial charge in [0.1, 0.15) is 0 Å². The minimum Gasteiger partial charge on any atom is -0.338 e. The van der Waals surface area contributed by atoms with Crippen molar-refractivity contribution in [3.63, 3.8) is 0 Å². The number of anilines is 1. The lowest BCUT2D eigenvalue weighted by molar-refractivity contribution is -0.121. The molecule has 26 heavy (non-hydrogen) atoms. The molecule has 1 aliphatic heterocycles. The number of piperazine rings is 1. The van der Waals surface area contributed by atoms with Gasteiger partial charge in [-0.25, -0.2) is 0 Å². The summed E-state index contributed by atoms with van der Waals surface area (Å²) in [5.74, 6) is 1.72. The van der Waals surface area contributed by atoms with Gasteiger partial charge in [0.15, 0.2) is 5.82 Å². The van der Waals surface area contributed by atoms with Gasteiger partial charge in [-0.3, -0.25) is 14.6 Å². The van der Waals surface area contributed by atoms with Gasteiger partial charge in [0.2, 0.25) is 11.8 Å². The van der Waals surface area contributed by atoms with Gasteiger partial charge in [-0.05, 0) is 19.1 Å². The van der Waals surface area contributed by atoms with E-state index in [1.807, 2.05) is 37.3 Å². The van der Waals surface area contributed by atoms with Gasteiger partial charge >= 0.3 is 0 Å². The van der Waals surface area contributed by atoms with Crippen LogP contribution in [0.5, 0.6) is 0 Å². The Hall–Kier alpha value is -2.25. The van der Waals surface area contributed by atoms with Gasteiger partial charge in [0.25, 0.3) is 0 Å². The predicted octanol–water partition coefficient (Wildman–Crippen LogP) is 2.34. The zero-order valence-electron chi connectivity index (χ0n) is 15.7. The van der Waals surface area contributed by atoms with Crippen molar-refractivity contribution in [3.05, 3.63) is 42.0 Å². The molecule has 1 fully saturated rings. The first-order valence-corrected chi connectivity index (χ1v) is 9.17. The zero-order valence-corrected chi connectivity index (χ0v) is 15.7. The average Bonchev–Trinajstić information content (AvgIpc) is 3.11. The topological polar surface area (TPSA) is 74.5 Å². The van der Waals surface area contributed by atoms with Gasteiger partial charge in [-0.15, -0.1) is 0 Å². The van der Waals surface area contributed by atoms with Crippen LogP contribution in [0.3, 0.4) is 0 Å². The molecular weight excluding hydrogens is 330 g/mol. The maximum atomic E-state index is 12.5. The quantitative estimate of drug-likeness (QED) is 0.855. The van der Waals surface area contributed by atoms with E-state index in [2.05, 4.69) is 39.1 Å². The fourth-order valence-corrected chi connectivity index (χ4v) is 3.00. The van der Waals surface area contributed by atoms with Crippen molar-refractivity contribution in [1.82, 2.24) is 19.9 Å². The third-order valence-electron chi connectivity index (χ3n) is 4.73. The van der Waals surface area contributed by atoms with Gasteiger partial charge in [0, 0.05) is 37.8 Å². The number of rotatable bonds is 6. The number of nitrogens with zero attached hydrogens (tertiary/aromatic N) is 4. The molecule has 7 heteroatoms. The smallest absolute Gasteiger partial charge is 0.241 e. The Kier molecular flexibility index (Phi) is 6.00. The molecule has 1 amide bonds. The Bertz CT molecular complexity index is 708. The molecule has 0 aliphatic carbocycles. The van der Waals surface area contributed by atoms with Crippen molar-refractivity contribution < 1.29 is 9.32 Å². The number of benzene rings is 1. The van der Waals surface area contributed by atoms with Crippen LogP contribution >= 0.6 is 0 Å². The van der Waals surface area contributed by atoms with Crippen LogP contribution in [0.4, 0.5) is 5.69 Å². The molecule has 1 atom stereocenters. The lowest BCUT2D eigenvalue weighted by Crippen LogP contribution is -2.52. The Morgan fingerprint density at radius 1 is 1.15 bits per heavy atom. The molecule has 2 aromatic rings. The van der Waals surface area contributed by atoms with Crippen molar-refractivity contribution in [3.8, 4) is 0 Å². The van der Waals surface area contributed by atoms with Gasteiger partial charge in [0.05, 0.1) is 12.6 Å². The summed E-state index contributed by atoms with van der Waals surface area (Å²) < 4.78 is 5.33. The minimum atomic E-state index is -0.159. The summed E-state index contributed by atoms with van der Waals surface area (Å²) in [6, 6.07) is 9.42. The van der Waals surface area contributed by atoms with E-state index in [0.29, 0.717) is 12.4 Å². The van der Waals surface area contributed by atoms with E-state index < -0.39 is 0 Å². The first kappa shape index (κ1) is 18.5. The molecule has 7 nitrogen and oxygen atoms in total. The molecule has 0 spiro atoms. The number of carbonyl (C=O) groups excluding carboxylic acids is 1. The van der Waals surface area contributed by atoms with E-state index in [1.165, 1.54) is 0 Å². The average molecular weight is 357 g/mol. The first-order valence-electron chi connectivity index (χ1n) is 9.17. The highest BCUT2D eigenvalue weighted by Crippen LogP contribution is 2.14. The summed E-state index contributed by atoms with van der Waals surface area (Å²) >= 11 is 0. The molecule has 3 rings (SSSR count). The molecule has 1 aromatic carbocycles. The Morgan fingerprint density at radius 2 is 1.85 bits per heavy atom. The van der Waals surface area contributed by atoms with E-state index in [-0.39, 0.29) is 17.9 Å². The minimum absolute atomic E-state index is 0.0307. The molecule has 2 heterocycles. The van der Waals surface area contributed by atoms with Crippen LogP contribution in [0, 0.1) is 0 Å². The fraction of sp³-hybridized carbons (Fsp3) is 0.526. The molecule has 0 saturated carbocycles. The van der Waals surface area contributed by atoms with Crippen molar-refractivity contribution in [2.75, 3.05) is 31.5 Å². The third-order valence-corrected chi connectivity index (χ3v) is 4.73. The van der Waals surface area contributed by atoms with Crippen molar-refractivity contribution >= 4 is 11.6 Å². The largest absolute Gasteiger partial charge is 0.338 e. The van der Waals surface area contributed by atoms with Gasteiger partial charge in [-0.2, -0.15) is 4.98 Å². The predicted molar refractivity (Wildman–Crippen MR) is 99.8 cm³/mol. The monoisotopic (exact) mass is 357 g/mol. The van der Waals surface area contributed by atoms with Crippen LogP contribution in [0.2, 0.25) is 0 Å². The number of hydrogen-bond acceptors (Lipinski definition) is 6. The second kappa shape index (κ2) is 8.42. The van der Waals surface area contributed by atoms with Crippen LogP contribution in [0.15, 0.2) is 34.9 Å². The molecule has 0 bridgehead atoms. The number of amides is 1. The summed E-state index contributed by atoms with van der Waals surface area (Å²) in [7, 11) is 0. The highest BCUT2D eigenvalue weighted by molar-refractivity contribution is 5.94. The molecule has 1 saturated heterocycles. The molecular formula is C19H27N5O2. The second-order valence-corrected chi connectivity index (χ2v) is 7.04. The Morgan fingerprint density at radius 3 is 2.46 bits per heavy atom. The Balaban J connectivity index is 1.47. The number of carbonyl (C=O) groups is 1. The van der Waals surface area contributed by atoms with Crippen molar-refractivity contribution in [2.45, 2.75) is 39.3 Å². The summed E-state index contributed by atoms with van der Waals surface area (Å²) in [5, 5.41) is 6.99. The highest BCUT2D eigenvalue weighted by atomic mass is 16.5. The summed E-state index contributed by atoms with van der Waals surface area (Å²) in [5.41, 5.74) is 0.834. The number of para-hydroxylation sites is 1. The SMILES string of the molecule is CC(C)c1noc(CN2CCN(C(C)C(=O)Nc3ccccc3)CC2)n1. The molecule has 1 aliphatic rings. The van der Waals surface area contributed by atoms with Crippen LogP contribution in [0.25, 0.3) is 0 Å². The van der Waals surface area contributed by atoms with E-state index in [0.717, 1.165) is 37.7 Å². The second-order valence-electron chi connectivity index (χ2n) is 7.04. The zero-order chi connectivity index (χ0) is 18.5. The summed E-state index contributed by atoms with van der Waals surface area (Å²) in [6.07, 6.45) is 0. The molecule has 1 unspecified atom stereocenters. The lowest BCUT2D eigenvalue weighted by Gasteiger charge is -2.36. The van der Waals surface area contributed by atoms with E-state index in [9.17, 15) is 4.79 Å². The Labute approximate surface area is 154 Å². The fourth-order valence-electron chi connectivity index (χ4n) is 3.00. The maximum Gasteiger partial charge on any atom is 0.241 e. The van der Waals surface area contributed by atoms with Crippen LogP contribution < -0.4 is 5.32 Å². The van der Waals surface area contributed by atoms with E-state index in [4.69, 9.17) is 4.52 Å². The lowest BCUT2D eigenvalue weighted by atomic mass is 10.2. The summed E-state index contributed by atoms with van der Waals surface area (Å²) in [4.78, 5) is 21.4. The maximum absolute atomic E-state index is 12.5. The normalized spacial score (nSPS) is 17.4. The molecule has 1 N–H and O–H groups in total. The van der Waals surface area contributed by atoms with Crippen LogP contribution in [-0.4, -0.2) is 58.1 Å². The standard InChI is InChI=1S/C19H27N5O2/c1-14(2)18-21-17(26-22-18)13-23-9-11-24(12-10-23)15(3)19(25)20-16-7-5-4-6-8-16/h4-8,14-15H,9-13H2,1-3H3,(H,20,25). The molecule has 1 aromatic heterocycles. The summed E-state index contributed by atoms with van der Waals surface area (Å²) in [6.45, 7) is 10.2. The molecule has 140 valence electrons. The number of hydrogen-bond donors (Lipinski definition) is 1. The van der Waals surface area contributed by atoms with Crippen molar-refractivity contribution in [2.24, 2.45) is 0 Å². The van der Waals surface area contributed by atoms with Gasteiger partial charge in [-0.1, -0.05) is 37.2 Å².